The maximum atomic E-state index is 12.0. The smallest absolute Gasteiger partial charge is 0.184 e. The molecule has 1 fully saturated rings. The quantitative estimate of drug-likeness (QED) is 0.368. The van der Waals surface area contributed by atoms with E-state index in [9.17, 15) is 4.39 Å². The number of ether oxygens (including phenoxy) is 1. The predicted octanol–water partition coefficient (Wildman–Crippen LogP) is -2.24. The van der Waals surface area contributed by atoms with Crippen molar-refractivity contribution in [2.75, 3.05) is 6.67 Å². The van der Waals surface area contributed by atoms with E-state index >= 15 is 0 Å². The van der Waals surface area contributed by atoms with E-state index in [-0.39, 0.29) is 0 Å². The van der Waals surface area contributed by atoms with E-state index in [0.717, 1.165) is 0 Å². The molecular formula is C6H11FO5. The Morgan fingerprint density at radius 2 is 1.58 bits per heavy atom. The summed E-state index contributed by atoms with van der Waals surface area (Å²) in [5.74, 6) is 0. The van der Waals surface area contributed by atoms with Crippen LogP contribution in [0.5, 0.6) is 0 Å². The number of halogens is 1. The van der Waals surface area contributed by atoms with E-state index in [4.69, 9.17) is 20.4 Å². The summed E-state index contributed by atoms with van der Waals surface area (Å²) in [5, 5.41) is 35.8. The van der Waals surface area contributed by atoms with Gasteiger partial charge in [-0.3, -0.25) is 0 Å². The van der Waals surface area contributed by atoms with Gasteiger partial charge in [0, 0.05) is 0 Å². The minimum absolute atomic E-state index is 1.03. The first-order valence-corrected chi connectivity index (χ1v) is 3.51. The van der Waals surface area contributed by atoms with Crippen molar-refractivity contribution in [2.24, 2.45) is 0 Å². The molecule has 0 aromatic heterocycles. The average Bonchev–Trinajstić information content (AvgIpc) is 2.08. The summed E-state index contributed by atoms with van der Waals surface area (Å²) in [4.78, 5) is 0. The van der Waals surface area contributed by atoms with Crippen LogP contribution >= 0.6 is 0 Å². The van der Waals surface area contributed by atoms with Crippen molar-refractivity contribution in [2.45, 2.75) is 30.7 Å². The summed E-state index contributed by atoms with van der Waals surface area (Å²) in [5.41, 5.74) is 0. The molecule has 1 heterocycles. The van der Waals surface area contributed by atoms with Crippen LogP contribution in [0.2, 0.25) is 0 Å². The van der Waals surface area contributed by atoms with E-state index in [1.54, 1.807) is 0 Å². The molecule has 1 aliphatic rings. The highest BCUT2D eigenvalue weighted by atomic mass is 19.1. The van der Waals surface area contributed by atoms with Gasteiger partial charge in [-0.25, -0.2) is 4.39 Å². The molecular weight excluding hydrogens is 171 g/mol. The van der Waals surface area contributed by atoms with Crippen molar-refractivity contribution in [1.82, 2.24) is 0 Å². The first kappa shape index (κ1) is 9.82. The van der Waals surface area contributed by atoms with E-state index in [1.807, 2.05) is 0 Å². The molecule has 5 nitrogen and oxygen atoms in total. The lowest BCUT2D eigenvalue weighted by molar-refractivity contribution is -0.283. The maximum Gasteiger partial charge on any atom is 0.184 e. The van der Waals surface area contributed by atoms with Crippen LogP contribution in [-0.2, 0) is 4.74 Å². The summed E-state index contributed by atoms with van der Waals surface area (Å²) in [7, 11) is 0. The lowest BCUT2D eigenvalue weighted by atomic mass is 10.00. The topological polar surface area (TPSA) is 90.2 Å². The summed E-state index contributed by atoms with van der Waals surface area (Å²) in [6, 6.07) is 0. The highest BCUT2D eigenvalue weighted by Crippen LogP contribution is 2.19. The van der Waals surface area contributed by atoms with Crippen LogP contribution in [0.4, 0.5) is 4.39 Å². The minimum Gasteiger partial charge on any atom is -0.387 e. The van der Waals surface area contributed by atoms with Gasteiger partial charge in [0.25, 0.3) is 0 Å². The Morgan fingerprint density at radius 1 is 1.00 bits per heavy atom. The van der Waals surface area contributed by atoms with Crippen LogP contribution in [0.15, 0.2) is 0 Å². The first-order valence-electron chi connectivity index (χ1n) is 3.51. The summed E-state index contributed by atoms with van der Waals surface area (Å²) >= 11 is 0. The van der Waals surface area contributed by atoms with Crippen LogP contribution in [0.1, 0.15) is 0 Å². The Kier molecular flexibility index (Phi) is 2.97. The Bertz CT molecular complexity index is 150. The molecule has 2 unspecified atom stereocenters. The van der Waals surface area contributed by atoms with E-state index < -0.39 is 37.4 Å². The van der Waals surface area contributed by atoms with Gasteiger partial charge in [-0.1, -0.05) is 0 Å². The van der Waals surface area contributed by atoms with Gasteiger partial charge in [-0.05, 0) is 0 Å². The third-order valence-corrected chi connectivity index (χ3v) is 1.84. The van der Waals surface area contributed by atoms with Crippen LogP contribution in [0.25, 0.3) is 0 Å². The van der Waals surface area contributed by atoms with E-state index in [1.165, 1.54) is 0 Å². The molecule has 5 atom stereocenters. The molecule has 1 saturated heterocycles. The van der Waals surface area contributed by atoms with Crippen molar-refractivity contribution in [3.05, 3.63) is 0 Å². The zero-order chi connectivity index (χ0) is 9.30. The van der Waals surface area contributed by atoms with E-state index in [2.05, 4.69) is 4.74 Å². The monoisotopic (exact) mass is 182 g/mol. The second kappa shape index (κ2) is 3.63. The number of hydrogen-bond donors (Lipinski definition) is 4. The van der Waals surface area contributed by atoms with Gasteiger partial charge in [-0.2, -0.15) is 0 Å². The zero-order valence-corrected chi connectivity index (χ0v) is 6.17. The van der Waals surface area contributed by atoms with Crippen molar-refractivity contribution < 1.29 is 29.6 Å². The molecule has 0 radical (unpaired) electrons. The second-order valence-electron chi connectivity index (χ2n) is 2.69. The number of aliphatic hydroxyl groups excluding tert-OH is 4. The van der Waals surface area contributed by atoms with Gasteiger partial charge in [0.05, 0.1) is 0 Å². The normalized spacial score (nSPS) is 49.2. The van der Waals surface area contributed by atoms with Crippen LogP contribution in [-0.4, -0.2) is 57.8 Å². The maximum absolute atomic E-state index is 12.0. The molecule has 0 spiro atoms. The molecule has 0 amide bonds. The standard InChI is InChI=1S/C6H11FO5/c7-1-2-3(8)4(9)5(10)6(11)12-2/h2-6,8-11H,1H2/t2-,3?,4+,5+,6?/m1/s1. The van der Waals surface area contributed by atoms with Crippen molar-refractivity contribution in [3.63, 3.8) is 0 Å². The second-order valence-corrected chi connectivity index (χ2v) is 2.69. The Balaban J connectivity index is 2.63. The summed E-state index contributed by atoms with van der Waals surface area (Å²) < 4.78 is 16.5. The highest BCUT2D eigenvalue weighted by molar-refractivity contribution is 4.88. The Hall–Kier alpha value is -0.270. The molecule has 4 N–H and O–H groups in total. The molecule has 1 aliphatic heterocycles. The lowest BCUT2D eigenvalue weighted by Gasteiger charge is -2.37. The van der Waals surface area contributed by atoms with E-state index in [0.29, 0.717) is 0 Å². The van der Waals surface area contributed by atoms with Crippen molar-refractivity contribution in [3.8, 4) is 0 Å². The number of alkyl halides is 1. The lowest BCUT2D eigenvalue weighted by Crippen LogP contribution is -2.58. The predicted molar refractivity (Wildman–Crippen MR) is 34.9 cm³/mol. The highest BCUT2D eigenvalue weighted by Gasteiger charge is 2.42. The fourth-order valence-corrected chi connectivity index (χ4v) is 1.06. The van der Waals surface area contributed by atoms with Crippen LogP contribution in [0, 0.1) is 0 Å². The molecule has 0 saturated carbocycles. The number of rotatable bonds is 1. The molecule has 6 heteroatoms. The average molecular weight is 182 g/mol. The van der Waals surface area contributed by atoms with Gasteiger partial charge < -0.3 is 25.2 Å². The summed E-state index contributed by atoms with van der Waals surface area (Å²) in [6.07, 6.45) is -7.60. The zero-order valence-electron chi connectivity index (χ0n) is 6.17. The SMILES string of the molecule is OC1O[C@H](CF)C(O)[C@H](O)[C@@H]1O. The molecule has 0 aromatic carbocycles. The third-order valence-electron chi connectivity index (χ3n) is 1.84. The molecule has 0 aromatic rings. The van der Waals surface area contributed by atoms with Crippen molar-refractivity contribution in [1.29, 1.82) is 0 Å². The number of hydrogen-bond acceptors (Lipinski definition) is 5. The Labute approximate surface area is 68.0 Å². The van der Waals surface area contributed by atoms with Gasteiger partial charge in [0.15, 0.2) is 6.29 Å². The van der Waals surface area contributed by atoms with Gasteiger partial charge in [0.2, 0.25) is 0 Å². The molecule has 12 heavy (non-hydrogen) atoms. The van der Waals surface area contributed by atoms with Gasteiger partial charge in [0.1, 0.15) is 31.1 Å². The fourth-order valence-electron chi connectivity index (χ4n) is 1.06. The molecule has 1 rings (SSSR count). The fraction of sp³-hybridized carbons (Fsp3) is 1.00. The third kappa shape index (κ3) is 1.57. The molecule has 72 valence electrons. The van der Waals surface area contributed by atoms with Crippen LogP contribution in [0.3, 0.4) is 0 Å². The summed E-state index contributed by atoms with van der Waals surface area (Å²) in [6.45, 7) is -1.03. The largest absolute Gasteiger partial charge is 0.387 e. The van der Waals surface area contributed by atoms with Gasteiger partial charge >= 0.3 is 0 Å². The van der Waals surface area contributed by atoms with Crippen molar-refractivity contribution >= 4 is 0 Å². The first-order chi connectivity index (χ1) is 5.57. The minimum atomic E-state index is -1.65. The van der Waals surface area contributed by atoms with Gasteiger partial charge in [-0.15, -0.1) is 0 Å². The molecule has 0 bridgehead atoms. The molecule has 0 aliphatic carbocycles. The number of aliphatic hydroxyl groups is 4. The Morgan fingerprint density at radius 3 is 2.08 bits per heavy atom. The van der Waals surface area contributed by atoms with Crippen LogP contribution < -0.4 is 0 Å².